The first kappa shape index (κ1) is 78.6. The van der Waals surface area contributed by atoms with Crippen molar-refractivity contribution in [3.8, 4) is 0 Å². The van der Waals surface area contributed by atoms with Gasteiger partial charge in [0.25, 0.3) is 0 Å². The number of esters is 3. The molecule has 0 saturated heterocycles. The van der Waals surface area contributed by atoms with Crippen LogP contribution < -0.4 is 0 Å². The second-order valence-electron chi connectivity index (χ2n) is 24.9. The Morgan fingerprint density at radius 3 is 0.691 bits per heavy atom. The Bertz CT molecular complexity index is 1350. The Kier molecular flexibility index (Phi) is 68.1. The summed E-state index contributed by atoms with van der Waals surface area (Å²) >= 11 is 0. The molecule has 0 bridgehead atoms. The summed E-state index contributed by atoms with van der Waals surface area (Å²) < 4.78 is 17.0. The highest BCUT2D eigenvalue weighted by molar-refractivity contribution is 5.71. The van der Waals surface area contributed by atoms with E-state index >= 15 is 0 Å². The molecule has 0 aliphatic carbocycles. The van der Waals surface area contributed by atoms with Gasteiger partial charge in [-0.15, -0.1) is 0 Å². The van der Waals surface area contributed by atoms with Crippen LogP contribution in [0.2, 0.25) is 0 Å². The van der Waals surface area contributed by atoms with Crippen molar-refractivity contribution >= 4 is 17.9 Å². The Morgan fingerprint density at radius 1 is 0.247 bits per heavy atom. The molecule has 0 aliphatic heterocycles. The van der Waals surface area contributed by atoms with Gasteiger partial charge in [0.1, 0.15) is 13.2 Å². The maximum Gasteiger partial charge on any atom is 0.306 e. The molecule has 0 aromatic carbocycles. The lowest BCUT2D eigenvalue weighted by Crippen LogP contribution is -2.30. The van der Waals surface area contributed by atoms with Gasteiger partial charge in [-0.05, 0) is 57.8 Å². The van der Waals surface area contributed by atoms with Crippen LogP contribution in [0.1, 0.15) is 406 Å². The number of ether oxygens (including phenoxy) is 3. The molecule has 0 saturated carbocycles. The molecule has 6 nitrogen and oxygen atoms in total. The van der Waals surface area contributed by atoms with E-state index in [0.717, 1.165) is 70.6 Å². The zero-order valence-electron chi connectivity index (χ0n) is 54.8. The lowest BCUT2D eigenvalue weighted by molar-refractivity contribution is -0.167. The lowest BCUT2D eigenvalue weighted by Gasteiger charge is -2.18. The quantitative estimate of drug-likeness (QED) is 0.0261. The highest BCUT2D eigenvalue weighted by atomic mass is 16.6. The van der Waals surface area contributed by atoms with Crippen LogP contribution in [-0.2, 0) is 28.6 Å². The van der Waals surface area contributed by atoms with Gasteiger partial charge in [-0.3, -0.25) is 14.4 Å². The summed E-state index contributed by atoms with van der Waals surface area (Å²) in [5, 5.41) is 0. The van der Waals surface area contributed by atoms with Crippen LogP contribution >= 0.6 is 0 Å². The van der Waals surface area contributed by atoms with Crippen LogP contribution in [0.15, 0.2) is 36.5 Å². The van der Waals surface area contributed by atoms with E-state index < -0.39 is 6.10 Å². The molecular formula is C75H140O6. The van der Waals surface area contributed by atoms with Crippen LogP contribution in [0.4, 0.5) is 0 Å². The van der Waals surface area contributed by atoms with Crippen LogP contribution in [-0.4, -0.2) is 37.2 Å². The first-order valence-electron chi connectivity index (χ1n) is 36.5. The second-order valence-corrected chi connectivity index (χ2v) is 24.9. The van der Waals surface area contributed by atoms with E-state index in [4.69, 9.17) is 14.2 Å². The normalized spacial score (nSPS) is 12.2. The highest BCUT2D eigenvalue weighted by Gasteiger charge is 2.19. The van der Waals surface area contributed by atoms with Crippen molar-refractivity contribution in [1.82, 2.24) is 0 Å². The van der Waals surface area contributed by atoms with Crippen molar-refractivity contribution in [1.29, 1.82) is 0 Å². The molecule has 1 atom stereocenters. The maximum atomic E-state index is 12.9. The summed E-state index contributed by atoms with van der Waals surface area (Å²) in [6.07, 6.45) is 87.6. The van der Waals surface area contributed by atoms with Crippen LogP contribution in [0, 0.1) is 0 Å². The van der Waals surface area contributed by atoms with Crippen molar-refractivity contribution in [3.05, 3.63) is 36.5 Å². The van der Waals surface area contributed by atoms with Crippen LogP contribution in [0.25, 0.3) is 0 Å². The first-order chi connectivity index (χ1) is 40.0. The van der Waals surface area contributed by atoms with Gasteiger partial charge in [0.15, 0.2) is 6.10 Å². The SMILES string of the molecule is CCCCCCC/C=C\C/C=C\C/C=C\CCCCCCCCCCCCCCCCCCC(=O)OCC(COC(=O)CCCCCCCCCCCCC)OC(=O)CCCCCCCCCCCCCCCCCCCCCCC. The summed E-state index contributed by atoms with van der Waals surface area (Å²) in [5.74, 6) is -0.834. The molecule has 0 spiro atoms. The molecule has 81 heavy (non-hydrogen) atoms. The third-order valence-electron chi connectivity index (χ3n) is 16.6. The molecule has 0 heterocycles. The Labute approximate surface area is 506 Å². The average Bonchev–Trinajstić information content (AvgIpc) is 3.47. The maximum absolute atomic E-state index is 12.9. The molecule has 0 radical (unpaired) electrons. The van der Waals surface area contributed by atoms with E-state index in [0.29, 0.717) is 19.3 Å². The number of unbranched alkanes of at least 4 members (excludes halogenated alkanes) is 51. The minimum Gasteiger partial charge on any atom is -0.462 e. The number of allylic oxidation sites excluding steroid dienone is 6. The van der Waals surface area contributed by atoms with Gasteiger partial charge in [-0.1, -0.05) is 365 Å². The van der Waals surface area contributed by atoms with E-state index in [9.17, 15) is 14.4 Å². The standard InChI is InChI=1S/C75H140O6/c1-4-7-10-13-16-19-22-24-26-28-30-32-33-34-35-36-37-38-39-40-41-43-44-46-48-50-53-56-59-62-65-68-74(77)80-71-72(70-79-73(76)67-64-61-58-55-52-21-18-15-12-9-6-3)81-75(78)69-66-63-60-57-54-51-49-47-45-42-31-29-27-25-23-20-17-14-11-8-5-2/h22,24,28,30,33-34,72H,4-21,23,25-27,29,31-32,35-71H2,1-3H3/b24-22-,30-28-,34-33-. The van der Waals surface area contributed by atoms with E-state index in [1.807, 2.05) is 0 Å². The average molecular weight is 1140 g/mol. The number of carbonyl (C=O) groups is 3. The lowest BCUT2D eigenvalue weighted by atomic mass is 10.0. The Hall–Kier alpha value is -2.37. The van der Waals surface area contributed by atoms with E-state index in [1.54, 1.807) is 0 Å². The molecule has 0 aliphatic rings. The van der Waals surface area contributed by atoms with Crippen molar-refractivity contribution in [2.45, 2.75) is 412 Å². The molecule has 0 amide bonds. The minimum atomic E-state index is -0.767. The number of carbonyl (C=O) groups excluding carboxylic acids is 3. The van der Waals surface area contributed by atoms with E-state index in [2.05, 4.69) is 57.2 Å². The van der Waals surface area contributed by atoms with Crippen molar-refractivity contribution in [2.24, 2.45) is 0 Å². The Morgan fingerprint density at radius 2 is 0.444 bits per heavy atom. The molecule has 0 N–H and O–H groups in total. The van der Waals surface area contributed by atoms with Crippen LogP contribution in [0.3, 0.4) is 0 Å². The fourth-order valence-corrected chi connectivity index (χ4v) is 11.2. The van der Waals surface area contributed by atoms with E-state index in [1.165, 1.54) is 295 Å². The smallest absolute Gasteiger partial charge is 0.306 e. The van der Waals surface area contributed by atoms with Gasteiger partial charge >= 0.3 is 17.9 Å². The molecule has 1 unspecified atom stereocenters. The largest absolute Gasteiger partial charge is 0.462 e. The van der Waals surface area contributed by atoms with Gasteiger partial charge in [0, 0.05) is 19.3 Å². The Balaban J connectivity index is 4.12. The molecule has 6 heteroatoms. The summed E-state index contributed by atoms with van der Waals surface area (Å²) in [6, 6.07) is 0. The second kappa shape index (κ2) is 70.1. The summed E-state index contributed by atoms with van der Waals surface area (Å²) in [7, 11) is 0. The third kappa shape index (κ3) is 68.3. The fourth-order valence-electron chi connectivity index (χ4n) is 11.2. The third-order valence-corrected chi connectivity index (χ3v) is 16.6. The summed E-state index contributed by atoms with van der Waals surface area (Å²) in [6.45, 7) is 6.70. The van der Waals surface area contributed by atoms with E-state index in [-0.39, 0.29) is 31.1 Å². The molecule has 476 valence electrons. The molecule has 0 fully saturated rings. The fraction of sp³-hybridized carbons (Fsp3) is 0.880. The van der Waals surface area contributed by atoms with Gasteiger partial charge in [0.05, 0.1) is 0 Å². The minimum absolute atomic E-state index is 0.0647. The summed E-state index contributed by atoms with van der Waals surface area (Å²) in [4.78, 5) is 38.4. The highest BCUT2D eigenvalue weighted by Crippen LogP contribution is 2.19. The van der Waals surface area contributed by atoms with Crippen LogP contribution in [0.5, 0.6) is 0 Å². The monoisotopic (exact) mass is 1140 g/mol. The first-order valence-corrected chi connectivity index (χ1v) is 36.5. The molecule has 0 aromatic rings. The van der Waals surface area contributed by atoms with Crippen molar-refractivity contribution in [3.63, 3.8) is 0 Å². The van der Waals surface area contributed by atoms with Crippen molar-refractivity contribution in [2.75, 3.05) is 13.2 Å². The molecule has 0 aromatic heterocycles. The van der Waals surface area contributed by atoms with Gasteiger partial charge in [-0.2, -0.15) is 0 Å². The van der Waals surface area contributed by atoms with Crippen molar-refractivity contribution < 1.29 is 28.6 Å². The topological polar surface area (TPSA) is 78.9 Å². The number of rotatable bonds is 68. The number of hydrogen-bond donors (Lipinski definition) is 0. The predicted octanol–water partition coefficient (Wildman–Crippen LogP) is 25.1. The van der Waals surface area contributed by atoms with Gasteiger partial charge in [-0.25, -0.2) is 0 Å². The molecular weight excluding hydrogens is 997 g/mol. The zero-order valence-corrected chi connectivity index (χ0v) is 54.8. The zero-order chi connectivity index (χ0) is 58.5. The predicted molar refractivity (Wildman–Crippen MR) is 353 cm³/mol. The van der Waals surface area contributed by atoms with Gasteiger partial charge in [0.2, 0.25) is 0 Å². The van der Waals surface area contributed by atoms with Gasteiger partial charge < -0.3 is 14.2 Å². The number of hydrogen-bond acceptors (Lipinski definition) is 6. The summed E-state index contributed by atoms with van der Waals surface area (Å²) in [5.41, 5.74) is 0. The molecule has 0 rings (SSSR count).